The number of halogens is 1. The molecule has 1 aromatic carbocycles. The molecule has 2 rings (SSSR count). The van der Waals surface area contributed by atoms with E-state index in [-0.39, 0.29) is 5.97 Å². The molecule has 0 N–H and O–H groups in total. The topological polar surface area (TPSA) is 31.2 Å². The van der Waals surface area contributed by atoms with E-state index in [4.69, 9.17) is 16.3 Å². The Morgan fingerprint density at radius 3 is 2.84 bits per heavy atom. The van der Waals surface area contributed by atoms with Crippen molar-refractivity contribution in [2.45, 2.75) is 13.8 Å². The summed E-state index contributed by atoms with van der Waals surface area (Å²) in [7, 11) is 1.95. The second kappa shape index (κ2) is 5.49. The fourth-order valence-electron chi connectivity index (χ4n) is 2.01. The fraction of sp³-hybridized carbons (Fsp3) is 0.267. The zero-order valence-corrected chi connectivity index (χ0v) is 12.0. The molecule has 19 heavy (non-hydrogen) atoms. The number of rotatable bonds is 3. The normalized spacial score (nSPS) is 11.9. The summed E-state index contributed by atoms with van der Waals surface area (Å²) in [5.74, 6) is -0.293. The van der Waals surface area contributed by atoms with Crippen LogP contribution in [0.1, 0.15) is 19.5 Å². The van der Waals surface area contributed by atoms with E-state index in [0.29, 0.717) is 17.2 Å². The minimum Gasteiger partial charge on any atom is -0.463 e. The van der Waals surface area contributed by atoms with E-state index >= 15 is 0 Å². The lowest BCUT2D eigenvalue weighted by Crippen LogP contribution is -2.05. The first-order chi connectivity index (χ1) is 9.04. The van der Waals surface area contributed by atoms with Crippen LogP contribution in [0.5, 0.6) is 0 Å². The van der Waals surface area contributed by atoms with E-state index in [9.17, 15) is 4.79 Å². The highest BCUT2D eigenvalue weighted by Gasteiger charge is 2.09. The highest BCUT2D eigenvalue weighted by molar-refractivity contribution is 6.35. The van der Waals surface area contributed by atoms with Crippen LogP contribution in [0.2, 0.25) is 5.02 Å². The van der Waals surface area contributed by atoms with Gasteiger partial charge in [0.1, 0.15) is 0 Å². The van der Waals surface area contributed by atoms with Gasteiger partial charge in [0.2, 0.25) is 0 Å². The Labute approximate surface area is 117 Å². The lowest BCUT2D eigenvalue weighted by Gasteiger charge is -2.03. The second-order valence-electron chi connectivity index (χ2n) is 4.35. The minimum absolute atomic E-state index is 0.293. The number of carbonyl (C=O) groups excluding carboxylic acids is 1. The van der Waals surface area contributed by atoms with Crippen LogP contribution in [0.4, 0.5) is 0 Å². The molecule has 0 atom stereocenters. The SMILES string of the molecule is CCOC(=O)/C(C)=C/c1cc2c(Cl)cccc2n1C. The minimum atomic E-state index is -0.293. The van der Waals surface area contributed by atoms with Gasteiger partial charge in [0, 0.05) is 34.2 Å². The molecule has 0 saturated carbocycles. The van der Waals surface area contributed by atoms with Gasteiger partial charge in [0.25, 0.3) is 0 Å². The van der Waals surface area contributed by atoms with E-state index in [1.54, 1.807) is 13.8 Å². The molecule has 0 spiro atoms. The van der Waals surface area contributed by atoms with Gasteiger partial charge in [-0.15, -0.1) is 0 Å². The standard InChI is InChI=1S/C15H16ClNO2/c1-4-19-15(18)10(2)8-11-9-12-13(16)6-5-7-14(12)17(11)3/h5-9H,4H2,1-3H3/b10-8+. The van der Waals surface area contributed by atoms with Gasteiger partial charge < -0.3 is 9.30 Å². The molecule has 0 fully saturated rings. The molecule has 0 saturated heterocycles. The Morgan fingerprint density at radius 2 is 2.21 bits per heavy atom. The van der Waals surface area contributed by atoms with Crippen LogP contribution in [-0.2, 0) is 16.6 Å². The van der Waals surface area contributed by atoms with E-state index in [1.165, 1.54) is 0 Å². The molecule has 0 radical (unpaired) electrons. The summed E-state index contributed by atoms with van der Waals surface area (Å²) in [5.41, 5.74) is 2.54. The number of benzene rings is 1. The second-order valence-corrected chi connectivity index (χ2v) is 4.76. The smallest absolute Gasteiger partial charge is 0.333 e. The van der Waals surface area contributed by atoms with Crippen molar-refractivity contribution in [3.8, 4) is 0 Å². The molecule has 0 aliphatic rings. The van der Waals surface area contributed by atoms with Crippen LogP contribution in [0.3, 0.4) is 0 Å². The van der Waals surface area contributed by atoms with Crippen molar-refractivity contribution in [2.24, 2.45) is 7.05 Å². The van der Waals surface area contributed by atoms with E-state index in [0.717, 1.165) is 16.6 Å². The van der Waals surface area contributed by atoms with Gasteiger partial charge in [-0.2, -0.15) is 0 Å². The summed E-state index contributed by atoms with van der Waals surface area (Å²) in [6.07, 6.45) is 1.81. The third kappa shape index (κ3) is 2.66. The van der Waals surface area contributed by atoms with Gasteiger partial charge >= 0.3 is 5.97 Å². The number of hydrogen-bond donors (Lipinski definition) is 0. The maximum absolute atomic E-state index is 11.6. The van der Waals surface area contributed by atoms with Crippen LogP contribution in [-0.4, -0.2) is 17.1 Å². The first-order valence-corrected chi connectivity index (χ1v) is 6.51. The summed E-state index contributed by atoms with van der Waals surface area (Å²) in [6.45, 7) is 3.92. The predicted molar refractivity (Wildman–Crippen MR) is 78.2 cm³/mol. The summed E-state index contributed by atoms with van der Waals surface area (Å²) >= 11 is 6.17. The number of ether oxygens (including phenoxy) is 1. The van der Waals surface area contributed by atoms with Gasteiger partial charge in [-0.25, -0.2) is 4.79 Å². The van der Waals surface area contributed by atoms with Crippen molar-refractivity contribution in [3.63, 3.8) is 0 Å². The number of aryl methyl sites for hydroxylation is 1. The molecule has 0 unspecified atom stereocenters. The molecule has 1 aromatic heterocycles. The monoisotopic (exact) mass is 277 g/mol. The Kier molecular flexibility index (Phi) is 3.96. The van der Waals surface area contributed by atoms with Crippen molar-refractivity contribution in [2.75, 3.05) is 6.61 Å². The van der Waals surface area contributed by atoms with Crippen molar-refractivity contribution < 1.29 is 9.53 Å². The number of fused-ring (bicyclic) bond motifs is 1. The Balaban J connectivity index is 2.47. The lowest BCUT2D eigenvalue weighted by molar-refractivity contribution is -0.138. The van der Waals surface area contributed by atoms with Gasteiger partial charge in [-0.05, 0) is 38.1 Å². The molecule has 4 heteroatoms. The van der Waals surface area contributed by atoms with E-state index in [1.807, 2.05) is 42.0 Å². The van der Waals surface area contributed by atoms with Crippen LogP contribution in [0.15, 0.2) is 29.8 Å². The number of carbonyl (C=O) groups is 1. The number of nitrogens with zero attached hydrogens (tertiary/aromatic N) is 1. The number of hydrogen-bond acceptors (Lipinski definition) is 2. The van der Waals surface area contributed by atoms with Gasteiger partial charge in [-0.3, -0.25) is 0 Å². The molecule has 0 bridgehead atoms. The van der Waals surface area contributed by atoms with E-state index in [2.05, 4.69) is 0 Å². The Morgan fingerprint density at radius 1 is 1.47 bits per heavy atom. The van der Waals surface area contributed by atoms with Crippen molar-refractivity contribution in [1.29, 1.82) is 0 Å². The van der Waals surface area contributed by atoms with Crippen LogP contribution >= 0.6 is 11.6 Å². The van der Waals surface area contributed by atoms with E-state index < -0.39 is 0 Å². The van der Waals surface area contributed by atoms with Crippen LogP contribution in [0.25, 0.3) is 17.0 Å². The molecule has 0 aliphatic heterocycles. The van der Waals surface area contributed by atoms with Crippen LogP contribution in [0, 0.1) is 0 Å². The first-order valence-electron chi connectivity index (χ1n) is 6.14. The molecule has 0 aliphatic carbocycles. The number of esters is 1. The summed E-state index contributed by atoms with van der Waals surface area (Å²) < 4.78 is 6.97. The molecule has 100 valence electrons. The summed E-state index contributed by atoms with van der Waals surface area (Å²) in [6, 6.07) is 7.74. The molecule has 0 amide bonds. The highest BCUT2D eigenvalue weighted by Crippen LogP contribution is 2.27. The van der Waals surface area contributed by atoms with Gasteiger partial charge in [-0.1, -0.05) is 17.7 Å². The fourth-order valence-corrected chi connectivity index (χ4v) is 2.23. The molecule has 2 aromatic rings. The third-order valence-corrected chi connectivity index (χ3v) is 3.36. The summed E-state index contributed by atoms with van der Waals surface area (Å²) in [4.78, 5) is 11.6. The highest BCUT2D eigenvalue weighted by atomic mass is 35.5. The van der Waals surface area contributed by atoms with Gasteiger partial charge in [0.05, 0.1) is 6.61 Å². The van der Waals surface area contributed by atoms with Gasteiger partial charge in [0.15, 0.2) is 0 Å². The first kappa shape index (κ1) is 13.7. The quantitative estimate of drug-likeness (QED) is 0.631. The lowest BCUT2D eigenvalue weighted by atomic mass is 10.2. The maximum atomic E-state index is 11.6. The van der Waals surface area contributed by atoms with Crippen molar-refractivity contribution in [1.82, 2.24) is 4.57 Å². The number of aromatic nitrogens is 1. The Hall–Kier alpha value is -1.74. The largest absolute Gasteiger partial charge is 0.463 e. The zero-order valence-electron chi connectivity index (χ0n) is 11.2. The van der Waals surface area contributed by atoms with Crippen LogP contribution < -0.4 is 0 Å². The summed E-state index contributed by atoms with van der Waals surface area (Å²) in [5, 5.41) is 1.69. The molecular formula is C15H16ClNO2. The zero-order chi connectivity index (χ0) is 14.0. The maximum Gasteiger partial charge on any atom is 0.333 e. The molecule has 3 nitrogen and oxygen atoms in total. The van der Waals surface area contributed by atoms with Crippen molar-refractivity contribution in [3.05, 3.63) is 40.6 Å². The third-order valence-electron chi connectivity index (χ3n) is 3.03. The molecular weight excluding hydrogens is 262 g/mol. The van der Waals surface area contributed by atoms with Crippen molar-refractivity contribution >= 4 is 34.5 Å². The average Bonchev–Trinajstić information content (AvgIpc) is 2.69. The molecule has 1 heterocycles. The Bertz CT molecular complexity index is 655. The predicted octanol–water partition coefficient (Wildman–Crippen LogP) is 3.80. The average molecular weight is 278 g/mol.